The van der Waals surface area contributed by atoms with Crippen LogP contribution < -0.4 is 14.4 Å². The molecule has 7 nitrogen and oxygen atoms in total. The number of carbonyl (C=O) groups excluding carboxylic acids is 1. The number of amides is 1. The van der Waals surface area contributed by atoms with Gasteiger partial charge in [0.05, 0.1) is 38.2 Å². The molecule has 2 heterocycles. The summed E-state index contributed by atoms with van der Waals surface area (Å²) in [5, 5.41) is 0.394. The van der Waals surface area contributed by atoms with Crippen LogP contribution in [-0.4, -0.2) is 56.5 Å². The molecule has 2 fully saturated rings. The summed E-state index contributed by atoms with van der Waals surface area (Å²) < 4.78 is 35.8. The van der Waals surface area contributed by atoms with Crippen molar-refractivity contribution in [3.63, 3.8) is 0 Å². The molecule has 31 heavy (non-hydrogen) atoms. The number of ether oxygens (including phenoxy) is 2. The Morgan fingerprint density at radius 2 is 1.94 bits per heavy atom. The fourth-order valence-corrected chi connectivity index (χ4v) is 8.12. The summed E-state index contributed by atoms with van der Waals surface area (Å²) in [6.07, 6.45) is 0.102. The van der Waals surface area contributed by atoms with Crippen LogP contribution in [0.4, 0.5) is 5.69 Å². The Bertz CT molecular complexity index is 1150. The molecule has 0 radical (unpaired) electrons. The molecule has 0 N–H and O–H groups in total. The van der Waals surface area contributed by atoms with Crippen LogP contribution in [0.3, 0.4) is 0 Å². The van der Waals surface area contributed by atoms with Crippen LogP contribution in [0.5, 0.6) is 11.5 Å². The van der Waals surface area contributed by atoms with E-state index in [1.54, 1.807) is 32.4 Å². The number of fused-ring (bicyclic) bond motifs is 1. The highest BCUT2D eigenvalue weighted by atomic mass is 79.9. The number of anilines is 1. The van der Waals surface area contributed by atoms with Crippen molar-refractivity contribution in [2.45, 2.75) is 17.7 Å². The summed E-state index contributed by atoms with van der Waals surface area (Å²) >= 11 is 4.82. The maximum Gasteiger partial charge on any atom is 0.252 e. The van der Waals surface area contributed by atoms with Crippen molar-refractivity contribution in [3.8, 4) is 11.5 Å². The number of rotatable bonds is 5. The summed E-state index contributed by atoms with van der Waals surface area (Å²) in [4.78, 5) is 19.0. The largest absolute Gasteiger partial charge is 0.493 e. The van der Waals surface area contributed by atoms with Crippen molar-refractivity contribution in [2.24, 2.45) is 4.99 Å². The van der Waals surface area contributed by atoms with Crippen LogP contribution in [0.2, 0.25) is 0 Å². The Morgan fingerprint density at radius 3 is 2.65 bits per heavy atom. The summed E-state index contributed by atoms with van der Waals surface area (Å²) in [7, 11) is -0.0129. The lowest BCUT2D eigenvalue weighted by Crippen LogP contribution is -2.37. The molecule has 2 atom stereocenters. The predicted molar refractivity (Wildman–Crippen MR) is 126 cm³/mol. The van der Waals surface area contributed by atoms with E-state index >= 15 is 0 Å². The quantitative estimate of drug-likeness (QED) is 0.592. The first-order valence-electron chi connectivity index (χ1n) is 9.54. The Kier molecular flexibility index (Phi) is 6.32. The summed E-state index contributed by atoms with van der Waals surface area (Å²) in [6.45, 7) is 0. The second kappa shape index (κ2) is 8.84. The highest BCUT2D eigenvalue weighted by Gasteiger charge is 2.49. The first kappa shape index (κ1) is 22.2. The number of hydrogen-bond donors (Lipinski definition) is 0. The molecule has 2 saturated heterocycles. The predicted octanol–water partition coefficient (Wildman–Crippen LogP) is 3.31. The van der Waals surface area contributed by atoms with E-state index in [0.29, 0.717) is 16.7 Å². The van der Waals surface area contributed by atoms with E-state index in [1.165, 1.54) is 11.8 Å². The van der Waals surface area contributed by atoms with Gasteiger partial charge in [-0.05, 0) is 35.9 Å². The van der Waals surface area contributed by atoms with Gasteiger partial charge in [0.15, 0.2) is 26.5 Å². The van der Waals surface area contributed by atoms with E-state index < -0.39 is 9.84 Å². The molecule has 0 aliphatic carbocycles. The minimum Gasteiger partial charge on any atom is -0.493 e. The molecule has 2 unspecified atom stereocenters. The zero-order valence-electron chi connectivity index (χ0n) is 16.9. The number of nitrogens with zero attached hydrogens (tertiary/aromatic N) is 2. The molecule has 2 aromatic carbocycles. The summed E-state index contributed by atoms with van der Waals surface area (Å²) in [6, 6.07) is 12.6. The molecule has 2 aliphatic heterocycles. The standard InChI is InChI=1S/C21H21BrN2O5S2/c1-28-17-7-6-13(8-18(17)29-2)9-20(25)23-21-24(15-5-3-4-14(22)10-15)16-11-31(26,27)12-19(16)30-21/h3-8,10,16,19H,9,11-12H2,1-2H3. The number of halogens is 1. The fraction of sp³-hybridized carbons (Fsp3) is 0.333. The number of aliphatic imine (C=N–C) groups is 1. The van der Waals surface area contributed by atoms with E-state index in [-0.39, 0.29) is 35.1 Å². The van der Waals surface area contributed by atoms with Crippen LogP contribution >= 0.6 is 27.7 Å². The molecule has 1 amide bonds. The second-order valence-electron chi connectivity index (χ2n) is 7.30. The molecule has 0 aromatic heterocycles. The zero-order chi connectivity index (χ0) is 22.2. The lowest BCUT2D eigenvalue weighted by atomic mass is 10.1. The minimum absolute atomic E-state index is 0.0556. The van der Waals surface area contributed by atoms with Gasteiger partial charge in [-0.3, -0.25) is 4.79 Å². The minimum atomic E-state index is -3.11. The average Bonchev–Trinajstić information content (AvgIpc) is 3.18. The van der Waals surface area contributed by atoms with E-state index in [2.05, 4.69) is 20.9 Å². The van der Waals surface area contributed by atoms with Crippen LogP contribution in [0, 0.1) is 0 Å². The van der Waals surface area contributed by atoms with Gasteiger partial charge in [0.2, 0.25) is 0 Å². The van der Waals surface area contributed by atoms with Gasteiger partial charge in [-0.2, -0.15) is 4.99 Å². The second-order valence-corrected chi connectivity index (χ2v) is 11.6. The number of thioether (sulfide) groups is 1. The third kappa shape index (κ3) is 4.75. The van der Waals surface area contributed by atoms with E-state index in [9.17, 15) is 13.2 Å². The Labute approximate surface area is 193 Å². The average molecular weight is 525 g/mol. The van der Waals surface area contributed by atoms with Crippen LogP contribution in [-0.2, 0) is 21.1 Å². The van der Waals surface area contributed by atoms with E-state index in [1.807, 2.05) is 29.2 Å². The van der Waals surface area contributed by atoms with Gasteiger partial charge < -0.3 is 14.4 Å². The zero-order valence-corrected chi connectivity index (χ0v) is 20.2. The van der Waals surface area contributed by atoms with Gasteiger partial charge in [-0.1, -0.05) is 39.8 Å². The SMILES string of the molecule is COc1ccc(CC(=O)N=C2SC3CS(=O)(=O)CC3N2c2cccc(Br)c2)cc1OC. The van der Waals surface area contributed by atoms with E-state index in [4.69, 9.17) is 9.47 Å². The molecule has 2 aromatic rings. The maximum atomic E-state index is 12.8. The number of amidine groups is 1. The summed E-state index contributed by atoms with van der Waals surface area (Å²) in [5.41, 5.74) is 1.57. The molecule has 4 rings (SSSR count). The smallest absolute Gasteiger partial charge is 0.252 e. The van der Waals surface area contributed by atoms with Crippen molar-refractivity contribution < 1.29 is 22.7 Å². The normalized spacial score (nSPS) is 23.1. The number of sulfone groups is 1. The third-order valence-corrected chi connectivity index (χ3v) is 8.88. The summed E-state index contributed by atoms with van der Waals surface area (Å²) in [5.74, 6) is 0.977. The van der Waals surface area contributed by atoms with Crippen molar-refractivity contribution in [3.05, 3.63) is 52.5 Å². The number of hydrogen-bond acceptors (Lipinski definition) is 6. The van der Waals surface area contributed by atoms with E-state index in [0.717, 1.165) is 15.7 Å². The fourth-order valence-electron chi connectivity index (χ4n) is 3.80. The van der Waals surface area contributed by atoms with Gasteiger partial charge >= 0.3 is 0 Å². The first-order chi connectivity index (χ1) is 14.8. The maximum absolute atomic E-state index is 12.8. The molecule has 0 spiro atoms. The Balaban J connectivity index is 1.61. The van der Waals surface area contributed by atoms with Crippen LogP contribution in [0.15, 0.2) is 51.9 Å². The Morgan fingerprint density at radius 1 is 1.16 bits per heavy atom. The lowest BCUT2D eigenvalue weighted by Gasteiger charge is -2.24. The van der Waals surface area contributed by atoms with Gasteiger partial charge in [-0.25, -0.2) is 8.42 Å². The molecule has 0 bridgehead atoms. The van der Waals surface area contributed by atoms with Crippen LogP contribution in [0.1, 0.15) is 5.56 Å². The molecular weight excluding hydrogens is 504 g/mol. The lowest BCUT2D eigenvalue weighted by molar-refractivity contribution is -0.117. The molecule has 10 heteroatoms. The number of methoxy groups -OCH3 is 2. The molecular formula is C21H21BrN2O5S2. The molecule has 164 valence electrons. The highest BCUT2D eigenvalue weighted by molar-refractivity contribution is 9.10. The highest BCUT2D eigenvalue weighted by Crippen LogP contribution is 2.41. The third-order valence-electron chi connectivity index (χ3n) is 5.18. The number of carbonyl (C=O) groups is 1. The topological polar surface area (TPSA) is 85.3 Å². The van der Waals surface area contributed by atoms with Crippen molar-refractivity contribution in [2.75, 3.05) is 30.6 Å². The number of benzene rings is 2. The van der Waals surface area contributed by atoms with Gasteiger partial charge in [0.1, 0.15) is 0 Å². The van der Waals surface area contributed by atoms with Crippen molar-refractivity contribution in [1.29, 1.82) is 0 Å². The van der Waals surface area contributed by atoms with Gasteiger partial charge in [0, 0.05) is 15.4 Å². The van der Waals surface area contributed by atoms with Crippen molar-refractivity contribution >= 4 is 54.3 Å². The first-order valence-corrected chi connectivity index (χ1v) is 13.0. The van der Waals surface area contributed by atoms with Crippen molar-refractivity contribution in [1.82, 2.24) is 0 Å². The van der Waals surface area contributed by atoms with Gasteiger partial charge in [-0.15, -0.1) is 0 Å². The van der Waals surface area contributed by atoms with Crippen LogP contribution in [0.25, 0.3) is 0 Å². The Hall–Kier alpha value is -2.04. The monoisotopic (exact) mass is 524 g/mol. The molecule has 0 saturated carbocycles. The van der Waals surface area contributed by atoms with Gasteiger partial charge in [0.25, 0.3) is 5.91 Å². The molecule has 2 aliphatic rings.